The van der Waals surface area contributed by atoms with E-state index in [9.17, 15) is 9.59 Å². The highest BCUT2D eigenvalue weighted by atomic mass is 16.2. The minimum Gasteiger partial charge on any atom is -0.342 e. The summed E-state index contributed by atoms with van der Waals surface area (Å²) in [5.41, 5.74) is 0.368. The maximum absolute atomic E-state index is 12.1. The van der Waals surface area contributed by atoms with Crippen LogP contribution in [0.25, 0.3) is 0 Å². The van der Waals surface area contributed by atoms with Crippen LogP contribution in [-0.2, 0) is 4.79 Å². The third kappa shape index (κ3) is 2.77. The first-order valence-corrected chi connectivity index (χ1v) is 7.68. The molecule has 0 aromatic carbocycles. The summed E-state index contributed by atoms with van der Waals surface area (Å²) < 4.78 is 1.39. The maximum Gasteiger partial charge on any atom is 0.245 e. The van der Waals surface area contributed by atoms with Crippen molar-refractivity contribution < 1.29 is 9.59 Å². The van der Waals surface area contributed by atoms with Gasteiger partial charge in [0.1, 0.15) is 11.8 Å². The molecule has 1 aromatic heterocycles. The van der Waals surface area contributed by atoms with Gasteiger partial charge in [-0.1, -0.05) is 0 Å². The second-order valence-electron chi connectivity index (χ2n) is 6.26. The van der Waals surface area contributed by atoms with E-state index < -0.39 is 0 Å². The monoisotopic (exact) mass is 300 g/mol. The Morgan fingerprint density at radius 3 is 2.64 bits per heavy atom. The van der Waals surface area contributed by atoms with Gasteiger partial charge in [0.2, 0.25) is 11.8 Å². The van der Waals surface area contributed by atoms with Gasteiger partial charge >= 0.3 is 0 Å². The molecular formula is C16H20N4O2. The third-order valence-corrected chi connectivity index (χ3v) is 4.87. The summed E-state index contributed by atoms with van der Waals surface area (Å²) in [5, 5.41) is 12.2. The number of carbonyl (C=O) groups is 2. The fraction of sp³-hybridized carbons (Fsp3) is 0.562. The fourth-order valence-corrected chi connectivity index (χ4v) is 3.73. The number of aromatic nitrogens is 1. The van der Waals surface area contributed by atoms with Crippen molar-refractivity contribution in [2.75, 3.05) is 19.6 Å². The van der Waals surface area contributed by atoms with Crippen molar-refractivity contribution in [3.8, 4) is 6.07 Å². The van der Waals surface area contributed by atoms with Crippen molar-refractivity contribution in [1.29, 1.82) is 5.26 Å². The molecule has 0 bridgehead atoms. The summed E-state index contributed by atoms with van der Waals surface area (Å²) >= 11 is 0. The van der Waals surface area contributed by atoms with E-state index in [2.05, 4.69) is 5.32 Å². The lowest BCUT2D eigenvalue weighted by atomic mass is 10.0. The van der Waals surface area contributed by atoms with Gasteiger partial charge in [0.15, 0.2) is 0 Å². The van der Waals surface area contributed by atoms with Crippen molar-refractivity contribution in [3.63, 3.8) is 0 Å². The number of nitrogens with zero attached hydrogens (tertiary/aromatic N) is 3. The molecule has 0 radical (unpaired) electrons. The number of rotatable bonds is 3. The van der Waals surface area contributed by atoms with E-state index in [1.807, 2.05) is 11.0 Å². The average molecular weight is 300 g/mol. The fourth-order valence-electron chi connectivity index (χ4n) is 3.73. The molecule has 1 aromatic rings. The van der Waals surface area contributed by atoms with Gasteiger partial charge in [0, 0.05) is 32.3 Å². The summed E-state index contributed by atoms with van der Waals surface area (Å²) in [6.07, 6.45) is 3.65. The van der Waals surface area contributed by atoms with Gasteiger partial charge in [-0.25, -0.2) is 0 Å². The summed E-state index contributed by atoms with van der Waals surface area (Å²) in [4.78, 5) is 25.5. The van der Waals surface area contributed by atoms with Crippen molar-refractivity contribution in [2.45, 2.75) is 25.8 Å². The Balaban J connectivity index is 1.50. The molecule has 2 fully saturated rings. The molecule has 0 spiro atoms. The molecule has 6 nitrogen and oxygen atoms in total. The molecule has 1 aliphatic carbocycles. The molecule has 2 heterocycles. The molecule has 1 saturated carbocycles. The average Bonchev–Trinajstić information content (AvgIpc) is 3.17. The highest BCUT2D eigenvalue weighted by Crippen LogP contribution is 2.37. The van der Waals surface area contributed by atoms with E-state index in [-0.39, 0.29) is 18.4 Å². The first-order valence-electron chi connectivity index (χ1n) is 7.68. The minimum absolute atomic E-state index is 0.107. The Hall–Kier alpha value is -2.13. The lowest BCUT2D eigenvalue weighted by Crippen LogP contribution is -2.36. The summed E-state index contributed by atoms with van der Waals surface area (Å²) in [6, 6.07) is 5.67. The van der Waals surface area contributed by atoms with E-state index in [4.69, 9.17) is 5.26 Å². The normalized spacial score (nSPS) is 26.7. The lowest BCUT2D eigenvalue weighted by Gasteiger charge is -2.18. The third-order valence-electron chi connectivity index (χ3n) is 4.87. The van der Waals surface area contributed by atoms with E-state index in [0.29, 0.717) is 23.6 Å². The van der Waals surface area contributed by atoms with Crippen LogP contribution in [0, 0.1) is 23.2 Å². The highest BCUT2D eigenvalue weighted by molar-refractivity contribution is 5.82. The van der Waals surface area contributed by atoms with Crippen LogP contribution in [0.3, 0.4) is 0 Å². The molecule has 22 heavy (non-hydrogen) atoms. The largest absolute Gasteiger partial charge is 0.342 e. The van der Waals surface area contributed by atoms with Gasteiger partial charge in [-0.2, -0.15) is 5.26 Å². The number of nitrogens with one attached hydrogen (secondary N) is 1. The van der Waals surface area contributed by atoms with Gasteiger partial charge in [-0.05, 0) is 36.8 Å². The first kappa shape index (κ1) is 14.8. The molecule has 3 rings (SSSR count). The molecule has 1 amide bonds. The Labute approximate surface area is 129 Å². The van der Waals surface area contributed by atoms with Crippen LogP contribution in [0.5, 0.6) is 0 Å². The SMILES string of the molecule is CC(=O)N1C[C@H]2CC(NCC(=O)n3cccc3C#N)C[C@H]2C1. The van der Waals surface area contributed by atoms with Gasteiger partial charge in [0.25, 0.3) is 0 Å². The smallest absolute Gasteiger partial charge is 0.245 e. The van der Waals surface area contributed by atoms with Gasteiger partial charge < -0.3 is 10.2 Å². The van der Waals surface area contributed by atoms with Crippen LogP contribution in [-0.4, -0.2) is 47.0 Å². The molecule has 1 saturated heterocycles. The van der Waals surface area contributed by atoms with Crippen LogP contribution in [0.15, 0.2) is 18.3 Å². The second kappa shape index (κ2) is 5.93. The zero-order chi connectivity index (χ0) is 15.7. The van der Waals surface area contributed by atoms with Crippen LogP contribution in [0.1, 0.15) is 30.3 Å². The number of fused-ring (bicyclic) bond motifs is 1. The molecule has 1 N–H and O–H groups in total. The molecule has 1 aliphatic heterocycles. The second-order valence-corrected chi connectivity index (χ2v) is 6.26. The van der Waals surface area contributed by atoms with Crippen LogP contribution in [0.4, 0.5) is 0 Å². The number of likely N-dealkylation sites (tertiary alicyclic amines) is 1. The Bertz CT molecular complexity index is 616. The van der Waals surface area contributed by atoms with E-state index in [1.165, 1.54) is 4.57 Å². The number of carbonyl (C=O) groups excluding carboxylic acids is 2. The predicted molar refractivity (Wildman–Crippen MR) is 80.0 cm³/mol. The Kier molecular flexibility index (Phi) is 3.99. The number of hydrogen-bond acceptors (Lipinski definition) is 4. The molecule has 116 valence electrons. The molecular weight excluding hydrogens is 280 g/mol. The van der Waals surface area contributed by atoms with Crippen molar-refractivity contribution >= 4 is 11.8 Å². The topological polar surface area (TPSA) is 78.1 Å². The van der Waals surface area contributed by atoms with Crippen LogP contribution in [0.2, 0.25) is 0 Å². The summed E-state index contributed by atoms with van der Waals surface area (Å²) in [7, 11) is 0. The first-order chi connectivity index (χ1) is 10.6. The minimum atomic E-state index is -0.107. The Morgan fingerprint density at radius 2 is 2.05 bits per heavy atom. The van der Waals surface area contributed by atoms with Crippen molar-refractivity contribution in [2.24, 2.45) is 11.8 Å². The van der Waals surface area contributed by atoms with Gasteiger partial charge in [-0.15, -0.1) is 0 Å². The van der Waals surface area contributed by atoms with Crippen molar-refractivity contribution in [3.05, 3.63) is 24.0 Å². The summed E-state index contributed by atoms with van der Waals surface area (Å²) in [5.74, 6) is 1.16. The lowest BCUT2D eigenvalue weighted by molar-refractivity contribution is -0.128. The Morgan fingerprint density at radius 1 is 1.36 bits per heavy atom. The maximum atomic E-state index is 12.1. The predicted octanol–water partition coefficient (Wildman–Crippen LogP) is 0.846. The molecule has 2 aliphatic rings. The highest BCUT2D eigenvalue weighted by Gasteiger charge is 2.41. The molecule has 3 atom stereocenters. The zero-order valence-corrected chi connectivity index (χ0v) is 12.7. The zero-order valence-electron chi connectivity index (χ0n) is 12.7. The molecule has 1 unspecified atom stereocenters. The van der Waals surface area contributed by atoms with Gasteiger partial charge in [0.05, 0.1) is 6.54 Å². The number of nitriles is 1. The van der Waals surface area contributed by atoms with E-state index >= 15 is 0 Å². The van der Waals surface area contributed by atoms with E-state index in [0.717, 1.165) is 25.9 Å². The quantitative estimate of drug-likeness (QED) is 0.897. The van der Waals surface area contributed by atoms with Crippen molar-refractivity contribution in [1.82, 2.24) is 14.8 Å². The molecule has 6 heteroatoms. The number of amides is 1. The van der Waals surface area contributed by atoms with Crippen LogP contribution < -0.4 is 5.32 Å². The van der Waals surface area contributed by atoms with Gasteiger partial charge in [-0.3, -0.25) is 14.2 Å². The number of hydrogen-bond donors (Lipinski definition) is 1. The standard InChI is InChI=1S/C16H20N4O2/c1-11(21)19-9-12-5-14(6-13(12)10-19)18-8-16(22)20-4-2-3-15(20)7-17/h2-4,12-14,18H,5-6,8-10H2,1H3/t12-,13+,14?. The summed E-state index contributed by atoms with van der Waals surface area (Å²) in [6.45, 7) is 3.56. The van der Waals surface area contributed by atoms with Crippen LogP contribution >= 0.6 is 0 Å². The van der Waals surface area contributed by atoms with E-state index in [1.54, 1.807) is 25.3 Å².